The molecule has 0 aliphatic heterocycles. The molecule has 8 heteroatoms. The first kappa shape index (κ1) is 23.6. The number of rotatable bonds is 5. The van der Waals surface area contributed by atoms with Crippen LogP contribution in [0.2, 0.25) is 10.0 Å². The number of carbonyl (C=O) groups excluding carboxylic acids is 1. The van der Waals surface area contributed by atoms with Gasteiger partial charge in [0.1, 0.15) is 6.29 Å². The number of benzene rings is 2. The number of aldehydes is 1. The third-order valence-electron chi connectivity index (χ3n) is 5.72. The standard InChI is InChI=1S/C23H23Cl2N3O2.ClH/c24-19-10-15(11-20(25)23(19)30)13-1-6-21-18(9-13)22(14(7-8-29)12-27-21)28-17-4-2-16(26)3-5-17;/h1,6,8-12,16-17,30H,2-5,7,26H2,(H,27,28);1H. The predicted octanol–water partition coefficient (Wildman–Crippen LogP) is 5.76. The fraction of sp³-hybridized carbons (Fsp3) is 0.304. The summed E-state index contributed by atoms with van der Waals surface area (Å²) in [6, 6.07) is 9.84. The smallest absolute Gasteiger partial charge is 0.152 e. The number of nitrogens with two attached hydrogens (primary N) is 1. The first-order valence-electron chi connectivity index (χ1n) is 10.0. The van der Waals surface area contributed by atoms with Crippen LogP contribution in [0, 0.1) is 0 Å². The molecule has 164 valence electrons. The number of aromatic nitrogens is 1. The highest BCUT2D eigenvalue weighted by Crippen LogP contribution is 2.38. The van der Waals surface area contributed by atoms with Gasteiger partial charge in [-0.1, -0.05) is 29.3 Å². The van der Waals surface area contributed by atoms with E-state index in [9.17, 15) is 9.90 Å². The maximum Gasteiger partial charge on any atom is 0.152 e. The Morgan fingerprint density at radius 2 is 1.77 bits per heavy atom. The van der Waals surface area contributed by atoms with Gasteiger partial charge in [-0.15, -0.1) is 12.4 Å². The molecule has 5 nitrogen and oxygen atoms in total. The number of pyridine rings is 1. The second kappa shape index (κ2) is 10.0. The molecule has 31 heavy (non-hydrogen) atoms. The molecule has 1 saturated carbocycles. The number of halogens is 3. The number of fused-ring (bicyclic) bond motifs is 1. The van der Waals surface area contributed by atoms with Crippen LogP contribution in [0.25, 0.3) is 22.0 Å². The first-order chi connectivity index (χ1) is 14.5. The summed E-state index contributed by atoms with van der Waals surface area (Å²) in [4.78, 5) is 15.8. The molecule has 1 heterocycles. The van der Waals surface area contributed by atoms with Crippen LogP contribution in [0.15, 0.2) is 36.5 Å². The molecule has 0 unspecified atom stereocenters. The quantitative estimate of drug-likeness (QED) is 0.404. The van der Waals surface area contributed by atoms with E-state index in [-0.39, 0.29) is 34.2 Å². The minimum absolute atomic E-state index is 0. The van der Waals surface area contributed by atoms with E-state index < -0.39 is 0 Å². The van der Waals surface area contributed by atoms with E-state index in [0.717, 1.165) is 65.3 Å². The molecule has 4 rings (SSSR count). The molecule has 0 atom stereocenters. The second-order valence-electron chi connectivity index (χ2n) is 7.81. The summed E-state index contributed by atoms with van der Waals surface area (Å²) in [5, 5.41) is 14.9. The molecule has 0 amide bonds. The Labute approximate surface area is 197 Å². The summed E-state index contributed by atoms with van der Waals surface area (Å²) in [6.45, 7) is 0. The zero-order chi connectivity index (χ0) is 21.3. The molecule has 0 saturated heterocycles. The second-order valence-corrected chi connectivity index (χ2v) is 8.62. The summed E-state index contributed by atoms with van der Waals surface area (Å²) >= 11 is 12.2. The molecule has 1 aliphatic carbocycles. The van der Waals surface area contributed by atoms with E-state index in [1.165, 1.54) is 0 Å². The van der Waals surface area contributed by atoms with E-state index >= 15 is 0 Å². The van der Waals surface area contributed by atoms with Crippen molar-refractivity contribution >= 4 is 58.5 Å². The number of phenolic OH excluding ortho intramolecular Hbond substituents is 1. The molecule has 3 aromatic rings. The van der Waals surface area contributed by atoms with Crippen LogP contribution >= 0.6 is 35.6 Å². The molecule has 0 bridgehead atoms. The first-order valence-corrected chi connectivity index (χ1v) is 10.8. The molecule has 1 aliphatic rings. The van der Waals surface area contributed by atoms with Gasteiger partial charge in [0.2, 0.25) is 0 Å². The molecule has 1 aromatic heterocycles. The Morgan fingerprint density at radius 1 is 1.10 bits per heavy atom. The summed E-state index contributed by atoms with van der Waals surface area (Å²) in [5.41, 5.74) is 10.4. The normalized spacial score (nSPS) is 18.4. The average Bonchev–Trinajstić information content (AvgIpc) is 2.74. The number of aromatic hydroxyl groups is 1. The van der Waals surface area contributed by atoms with Crippen molar-refractivity contribution in [3.05, 3.63) is 52.1 Å². The van der Waals surface area contributed by atoms with Crippen molar-refractivity contribution in [3.8, 4) is 16.9 Å². The van der Waals surface area contributed by atoms with E-state index in [0.29, 0.717) is 12.5 Å². The van der Waals surface area contributed by atoms with Gasteiger partial charge < -0.3 is 21.0 Å². The van der Waals surface area contributed by atoms with Gasteiger partial charge >= 0.3 is 0 Å². The highest BCUT2D eigenvalue weighted by molar-refractivity contribution is 6.37. The van der Waals surface area contributed by atoms with Gasteiger partial charge in [-0.2, -0.15) is 0 Å². The minimum Gasteiger partial charge on any atom is -0.505 e. The Kier molecular flexibility index (Phi) is 7.65. The molecule has 0 spiro atoms. The Bertz CT molecular complexity index is 1080. The largest absolute Gasteiger partial charge is 0.505 e. The molecule has 2 aromatic carbocycles. The van der Waals surface area contributed by atoms with Crippen molar-refractivity contribution in [2.24, 2.45) is 5.73 Å². The van der Waals surface area contributed by atoms with Gasteiger partial charge in [-0.25, -0.2) is 0 Å². The van der Waals surface area contributed by atoms with E-state index in [1.807, 2.05) is 18.2 Å². The van der Waals surface area contributed by atoms with Crippen LogP contribution in [0.3, 0.4) is 0 Å². The zero-order valence-electron chi connectivity index (χ0n) is 16.8. The van der Waals surface area contributed by atoms with Gasteiger partial charge in [-0.05, 0) is 61.1 Å². The maximum atomic E-state index is 11.3. The molecular formula is C23H24Cl3N3O2. The van der Waals surface area contributed by atoms with E-state index in [1.54, 1.807) is 18.3 Å². The fourth-order valence-corrected chi connectivity index (χ4v) is 4.52. The number of carbonyl (C=O) groups is 1. The van der Waals surface area contributed by atoms with Gasteiger partial charge in [-0.3, -0.25) is 4.98 Å². The van der Waals surface area contributed by atoms with Crippen molar-refractivity contribution in [2.75, 3.05) is 5.32 Å². The zero-order valence-corrected chi connectivity index (χ0v) is 19.1. The number of nitrogens with one attached hydrogen (secondary N) is 1. The van der Waals surface area contributed by atoms with Crippen LogP contribution in [0.5, 0.6) is 5.75 Å². The predicted molar refractivity (Wildman–Crippen MR) is 130 cm³/mol. The third-order valence-corrected chi connectivity index (χ3v) is 6.30. The van der Waals surface area contributed by atoms with Crippen LogP contribution in [0.1, 0.15) is 31.2 Å². The molecule has 0 radical (unpaired) electrons. The lowest BCUT2D eigenvalue weighted by molar-refractivity contribution is -0.107. The number of phenols is 1. The third kappa shape index (κ3) is 5.07. The van der Waals surface area contributed by atoms with Gasteiger partial charge in [0.25, 0.3) is 0 Å². The summed E-state index contributed by atoms with van der Waals surface area (Å²) in [6.07, 6.45) is 6.91. The fourth-order valence-electron chi connectivity index (χ4n) is 4.03. The molecule has 1 fully saturated rings. The lowest BCUT2D eigenvalue weighted by atomic mass is 9.91. The average molecular weight is 481 g/mol. The summed E-state index contributed by atoms with van der Waals surface area (Å²) in [7, 11) is 0. The van der Waals surface area contributed by atoms with Crippen LogP contribution in [-0.2, 0) is 11.2 Å². The van der Waals surface area contributed by atoms with E-state index in [2.05, 4.69) is 10.3 Å². The van der Waals surface area contributed by atoms with Crippen LogP contribution in [-0.4, -0.2) is 28.5 Å². The number of nitrogens with zero attached hydrogens (tertiary/aromatic N) is 1. The number of anilines is 1. The number of hydrogen-bond acceptors (Lipinski definition) is 5. The van der Waals surface area contributed by atoms with Crippen molar-refractivity contribution in [2.45, 2.75) is 44.2 Å². The van der Waals surface area contributed by atoms with Crippen molar-refractivity contribution in [1.82, 2.24) is 4.98 Å². The highest BCUT2D eigenvalue weighted by Gasteiger charge is 2.21. The topological polar surface area (TPSA) is 88.2 Å². The summed E-state index contributed by atoms with van der Waals surface area (Å²) < 4.78 is 0. The Hall–Kier alpha value is -2.05. The van der Waals surface area contributed by atoms with Gasteiger partial charge in [0, 0.05) is 41.3 Å². The van der Waals surface area contributed by atoms with Gasteiger partial charge in [0.05, 0.1) is 15.6 Å². The van der Waals surface area contributed by atoms with Crippen molar-refractivity contribution in [3.63, 3.8) is 0 Å². The molecule has 4 N–H and O–H groups in total. The maximum absolute atomic E-state index is 11.3. The summed E-state index contributed by atoms with van der Waals surface area (Å²) in [5.74, 6) is -0.129. The minimum atomic E-state index is -0.129. The van der Waals surface area contributed by atoms with Crippen LogP contribution < -0.4 is 11.1 Å². The van der Waals surface area contributed by atoms with Crippen molar-refractivity contribution < 1.29 is 9.90 Å². The van der Waals surface area contributed by atoms with Gasteiger partial charge in [0.15, 0.2) is 5.75 Å². The Morgan fingerprint density at radius 3 is 2.42 bits per heavy atom. The van der Waals surface area contributed by atoms with Crippen LogP contribution in [0.4, 0.5) is 5.69 Å². The van der Waals surface area contributed by atoms with E-state index in [4.69, 9.17) is 28.9 Å². The SMILES string of the molecule is Cl.NC1CCC(Nc2c(CC=O)cnc3ccc(-c4cc(Cl)c(O)c(Cl)c4)cc23)CC1. The molecular weight excluding hydrogens is 457 g/mol. The van der Waals surface area contributed by atoms with Crippen molar-refractivity contribution in [1.29, 1.82) is 0 Å². The lowest BCUT2D eigenvalue weighted by Gasteiger charge is -2.29. The highest BCUT2D eigenvalue weighted by atomic mass is 35.5. The number of hydrogen-bond donors (Lipinski definition) is 3. The Balaban J connectivity index is 0.00000272. The monoisotopic (exact) mass is 479 g/mol. The lowest BCUT2D eigenvalue weighted by Crippen LogP contribution is -2.33.